The largest absolute Gasteiger partial charge is 0.439 e. The number of nitrogen functional groups attached to an aromatic ring is 1. The summed E-state index contributed by atoms with van der Waals surface area (Å²) < 4.78 is 21.0. The molecule has 0 saturated carbocycles. The van der Waals surface area contributed by atoms with Gasteiger partial charge in [0.15, 0.2) is 0 Å². The van der Waals surface area contributed by atoms with Gasteiger partial charge in [-0.15, -0.1) is 0 Å². The summed E-state index contributed by atoms with van der Waals surface area (Å²) in [4.78, 5) is 0. The average Bonchev–Trinajstić information content (AvgIpc) is 2.83. The van der Waals surface area contributed by atoms with Gasteiger partial charge in [-0.05, 0) is 42.3 Å². The van der Waals surface area contributed by atoms with Crippen LogP contribution in [0.5, 0.6) is 11.6 Å². The van der Waals surface area contributed by atoms with Gasteiger partial charge in [-0.25, -0.2) is 4.39 Å². The number of nitrogens with zero attached hydrogens (tertiary/aromatic N) is 2. The Kier molecular flexibility index (Phi) is 4.21. The van der Waals surface area contributed by atoms with Crippen LogP contribution in [0.1, 0.15) is 16.8 Å². The predicted molar refractivity (Wildman–Crippen MR) is 90.3 cm³/mol. The van der Waals surface area contributed by atoms with Crippen LogP contribution in [0.15, 0.2) is 54.6 Å². The van der Waals surface area contributed by atoms with Gasteiger partial charge in [-0.1, -0.05) is 24.3 Å². The highest BCUT2D eigenvalue weighted by Gasteiger charge is 2.16. The highest BCUT2D eigenvalue weighted by atomic mass is 19.1. The third-order valence-corrected chi connectivity index (χ3v) is 3.62. The molecule has 0 atom stereocenters. The van der Waals surface area contributed by atoms with Gasteiger partial charge in [0.2, 0.25) is 5.88 Å². The van der Waals surface area contributed by atoms with Gasteiger partial charge in [0.05, 0.1) is 12.2 Å². The molecule has 24 heavy (non-hydrogen) atoms. The van der Waals surface area contributed by atoms with Crippen LogP contribution < -0.4 is 10.5 Å². The van der Waals surface area contributed by atoms with Crippen molar-refractivity contribution in [1.29, 1.82) is 5.26 Å². The molecule has 0 saturated heterocycles. The Morgan fingerprint density at radius 3 is 2.67 bits per heavy atom. The number of nitriles is 1. The van der Waals surface area contributed by atoms with E-state index in [9.17, 15) is 9.65 Å². The van der Waals surface area contributed by atoms with Crippen molar-refractivity contribution >= 4 is 5.69 Å². The minimum Gasteiger partial charge on any atom is -0.439 e. The Hall–Kier alpha value is -3.26. The monoisotopic (exact) mass is 321 g/mol. The van der Waals surface area contributed by atoms with Gasteiger partial charge >= 0.3 is 0 Å². The molecule has 2 N–H and O–H groups in total. The summed E-state index contributed by atoms with van der Waals surface area (Å²) in [6.07, 6.45) is 0. The lowest BCUT2D eigenvalue weighted by Gasteiger charge is -2.13. The fourth-order valence-electron chi connectivity index (χ4n) is 2.52. The molecule has 2 aromatic carbocycles. The van der Waals surface area contributed by atoms with E-state index in [2.05, 4.69) is 6.07 Å². The maximum absolute atomic E-state index is 13.4. The van der Waals surface area contributed by atoms with E-state index in [-0.39, 0.29) is 5.82 Å². The van der Waals surface area contributed by atoms with Gasteiger partial charge in [-0.3, -0.25) is 4.57 Å². The molecular weight excluding hydrogens is 305 g/mol. The van der Waals surface area contributed by atoms with Crippen LogP contribution in [-0.4, -0.2) is 4.57 Å². The predicted octanol–water partition coefficient (Wildman–Crippen LogP) is 4.23. The van der Waals surface area contributed by atoms with Crippen LogP contribution in [0.2, 0.25) is 0 Å². The molecule has 3 aromatic rings. The first-order valence-electron chi connectivity index (χ1n) is 7.45. The molecule has 0 radical (unpaired) electrons. The summed E-state index contributed by atoms with van der Waals surface area (Å²) in [5.74, 6) is 0.679. The van der Waals surface area contributed by atoms with Crippen molar-refractivity contribution < 1.29 is 9.13 Å². The summed E-state index contributed by atoms with van der Waals surface area (Å²) in [6.45, 7) is 2.25. The Labute approximate surface area is 139 Å². The van der Waals surface area contributed by atoms with E-state index in [1.165, 1.54) is 12.1 Å². The van der Waals surface area contributed by atoms with Crippen molar-refractivity contribution in [3.8, 4) is 17.7 Å². The number of nitrogens with two attached hydrogens (primary N) is 1. The van der Waals surface area contributed by atoms with Crippen LogP contribution in [0, 0.1) is 24.1 Å². The average molecular weight is 321 g/mol. The number of anilines is 1. The molecule has 1 aromatic heterocycles. The lowest BCUT2D eigenvalue weighted by molar-refractivity contribution is 0.437. The molecule has 120 valence electrons. The number of hydrogen-bond acceptors (Lipinski definition) is 3. The minimum atomic E-state index is -0.327. The standard InChI is InChI=1S/C19H16FN3O/c1-13-4-2-7-17(8-13)24-19-18(22)10-16(11-21)23(19)12-14-5-3-6-15(20)9-14/h2-10H,12,22H2,1H3. The number of aromatic nitrogens is 1. The number of aryl methyl sites for hydroxylation is 1. The van der Waals surface area contributed by atoms with E-state index in [0.717, 1.165) is 11.1 Å². The van der Waals surface area contributed by atoms with Crippen LogP contribution in [-0.2, 0) is 6.54 Å². The zero-order valence-electron chi connectivity index (χ0n) is 13.2. The molecule has 0 bridgehead atoms. The molecule has 0 amide bonds. The first-order chi connectivity index (χ1) is 11.6. The lowest BCUT2D eigenvalue weighted by Crippen LogP contribution is -2.05. The van der Waals surface area contributed by atoms with Gasteiger partial charge in [-0.2, -0.15) is 5.26 Å². The SMILES string of the molecule is Cc1cccc(Oc2c(N)cc(C#N)n2Cc2cccc(F)c2)c1. The first kappa shape index (κ1) is 15.6. The third kappa shape index (κ3) is 3.23. The molecule has 0 spiro atoms. The maximum Gasteiger partial charge on any atom is 0.224 e. The molecule has 4 nitrogen and oxygen atoms in total. The zero-order valence-corrected chi connectivity index (χ0v) is 13.2. The van der Waals surface area contributed by atoms with E-state index in [4.69, 9.17) is 10.5 Å². The van der Waals surface area contributed by atoms with E-state index in [1.54, 1.807) is 22.8 Å². The molecule has 3 rings (SSSR count). The van der Waals surface area contributed by atoms with Crippen molar-refractivity contribution in [3.05, 3.63) is 77.2 Å². The third-order valence-electron chi connectivity index (χ3n) is 3.62. The number of benzene rings is 2. The summed E-state index contributed by atoms with van der Waals surface area (Å²) in [7, 11) is 0. The molecule has 0 aliphatic carbocycles. The van der Waals surface area contributed by atoms with Gasteiger partial charge < -0.3 is 10.5 Å². The van der Waals surface area contributed by atoms with Crippen molar-refractivity contribution in [3.63, 3.8) is 0 Å². The van der Waals surface area contributed by atoms with Crippen LogP contribution >= 0.6 is 0 Å². The molecule has 0 unspecified atom stereocenters. The summed E-state index contributed by atoms with van der Waals surface area (Å²) >= 11 is 0. The van der Waals surface area contributed by atoms with Crippen molar-refractivity contribution in [1.82, 2.24) is 4.57 Å². The van der Waals surface area contributed by atoms with Crippen LogP contribution in [0.4, 0.5) is 10.1 Å². The fourth-order valence-corrected chi connectivity index (χ4v) is 2.52. The van der Waals surface area contributed by atoms with Crippen molar-refractivity contribution in [2.75, 3.05) is 5.73 Å². The summed E-state index contributed by atoms with van der Waals surface area (Å²) in [5, 5.41) is 9.34. The Morgan fingerprint density at radius 2 is 1.96 bits per heavy atom. The van der Waals surface area contributed by atoms with Gasteiger partial charge in [0.25, 0.3) is 0 Å². The van der Waals surface area contributed by atoms with Crippen molar-refractivity contribution in [2.45, 2.75) is 13.5 Å². The maximum atomic E-state index is 13.4. The second kappa shape index (κ2) is 6.47. The van der Waals surface area contributed by atoms with E-state index in [0.29, 0.717) is 29.6 Å². The molecular formula is C19H16FN3O. The Morgan fingerprint density at radius 1 is 1.17 bits per heavy atom. The molecule has 0 aliphatic rings. The minimum absolute atomic E-state index is 0.291. The van der Waals surface area contributed by atoms with Crippen LogP contribution in [0.25, 0.3) is 0 Å². The van der Waals surface area contributed by atoms with E-state index >= 15 is 0 Å². The zero-order chi connectivity index (χ0) is 17.1. The van der Waals surface area contributed by atoms with E-state index < -0.39 is 0 Å². The summed E-state index contributed by atoms with van der Waals surface area (Å²) in [5.41, 5.74) is 8.51. The highest BCUT2D eigenvalue weighted by molar-refractivity contribution is 5.56. The second-order valence-electron chi connectivity index (χ2n) is 5.54. The molecule has 5 heteroatoms. The molecule has 1 heterocycles. The lowest BCUT2D eigenvalue weighted by atomic mass is 10.2. The Bertz CT molecular complexity index is 925. The summed E-state index contributed by atoms with van der Waals surface area (Å²) in [6, 6.07) is 17.4. The van der Waals surface area contributed by atoms with E-state index in [1.807, 2.05) is 31.2 Å². The number of hydrogen-bond donors (Lipinski definition) is 1. The molecule has 0 aliphatic heterocycles. The fraction of sp³-hybridized carbons (Fsp3) is 0.105. The molecule has 0 fully saturated rings. The Balaban J connectivity index is 2.00. The number of ether oxygens (including phenoxy) is 1. The van der Waals surface area contributed by atoms with Crippen molar-refractivity contribution in [2.24, 2.45) is 0 Å². The normalized spacial score (nSPS) is 10.4. The number of halogens is 1. The second-order valence-corrected chi connectivity index (χ2v) is 5.54. The van der Waals surface area contributed by atoms with Gasteiger partial charge in [0, 0.05) is 6.07 Å². The number of rotatable bonds is 4. The highest BCUT2D eigenvalue weighted by Crippen LogP contribution is 2.32. The first-order valence-corrected chi connectivity index (χ1v) is 7.45. The smallest absolute Gasteiger partial charge is 0.224 e. The van der Waals surface area contributed by atoms with Gasteiger partial charge in [0.1, 0.15) is 23.3 Å². The quantitative estimate of drug-likeness (QED) is 0.782. The topological polar surface area (TPSA) is 64.0 Å². The van der Waals surface area contributed by atoms with Crippen LogP contribution in [0.3, 0.4) is 0 Å².